The Labute approximate surface area is 114 Å². The quantitative estimate of drug-likeness (QED) is 0.864. The van der Waals surface area contributed by atoms with Crippen molar-refractivity contribution in [2.75, 3.05) is 6.54 Å². The smallest absolute Gasteiger partial charge is 0.0914 e. The topological polar surface area (TPSA) is 45.1 Å². The molecule has 19 heavy (non-hydrogen) atoms. The fourth-order valence-electron chi connectivity index (χ4n) is 1.94. The monoisotopic (exact) mass is 256 g/mol. The van der Waals surface area contributed by atoms with Crippen LogP contribution in [0.25, 0.3) is 0 Å². The van der Waals surface area contributed by atoms with Crippen molar-refractivity contribution in [3.63, 3.8) is 0 Å². The van der Waals surface area contributed by atoms with Gasteiger partial charge in [0.25, 0.3) is 0 Å². The summed E-state index contributed by atoms with van der Waals surface area (Å²) < 4.78 is 0. The van der Waals surface area contributed by atoms with E-state index in [1.54, 1.807) is 12.4 Å². The van der Waals surface area contributed by atoms with E-state index in [2.05, 4.69) is 30.2 Å². The van der Waals surface area contributed by atoms with Crippen LogP contribution in [0.1, 0.15) is 28.4 Å². The molecule has 0 bridgehead atoms. The number of nitrogens with one attached hydrogen (secondary N) is 1. The van der Waals surface area contributed by atoms with Gasteiger partial charge in [-0.3, -0.25) is 4.98 Å². The summed E-state index contributed by atoms with van der Waals surface area (Å²) in [6, 6.07) is 10.0. The van der Waals surface area contributed by atoms with Gasteiger partial charge in [-0.1, -0.05) is 18.2 Å². The highest BCUT2D eigenvalue weighted by Crippen LogP contribution is 2.16. The molecule has 3 heteroatoms. The summed E-state index contributed by atoms with van der Waals surface area (Å²) in [7, 11) is 0. The number of aryl methyl sites for hydroxylation is 2. The van der Waals surface area contributed by atoms with E-state index in [1.165, 1.54) is 16.7 Å². The van der Waals surface area contributed by atoms with Gasteiger partial charge in [0.1, 0.15) is 0 Å². The number of aliphatic hydroxyl groups excluding tert-OH is 1. The number of pyridine rings is 1. The minimum absolute atomic E-state index is 0.471. The number of nitrogens with zero attached hydrogens (tertiary/aromatic N) is 1. The van der Waals surface area contributed by atoms with Crippen molar-refractivity contribution < 1.29 is 5.11 Å². The molecule has 2 aromatic rings. The van der Waals surface area contributed by atoms with Crippen LogP contribution in [0.3, 0.4) is 0 Å². The van der Waals surface area contributed by atoms with Crippen LogP contribution in [0.5, 0.6) is 0 Å². The number of rotatable bonds is 5. The second-order valence-electron chi connectivity index (χ2n) is 4.85. The molecule has 2 N–H and O–H groups in total. The molecular formula is C16H20N2O. The van der Waals surface area contributed by atoms with Crippen molar-refractivity contribution in [3.8, 4) is 0 Å². The molecule has 3 nitrogen and oxygen atoms in total. The first-order valence-electron chi connectivity index (χ1n) is 6.51. The van der Waals surface area contributed by atoms with E-state index >= 15 is 0 Å². The van der Waals surface area contributed by atoms with Gasteiger partial charge in [0.05, 0.1) is 6.10 Å². The van der Waals surface area contributed by atoms with Crippen LogP contribution in [0, 0.1) is 13.8 Å². The second kappa shape index (κ2) is 6.45. The van der Waals surface area contributed by atoms with E-state index in [4.69, 9.17) is 0 Å². The normalized spacial score (nSPS) is 12.4. The van der Waals surface area contributed by atoms with E-state index in [1.807, 2.05) is 24.3 Å². The number of aliphatic hydroxyl groups is 1. The van der Waals surface area contributed by atoms with Crippen LogP contribution in [0.2, 0.25) is 0 Å². The first-order chi connectivity index (χ1) is 9.16. The number of hydrogen-bond donors (Lipinski definition) is 2. The minimum Gasteiger partial charge on any atom is -0.387 e. The van der Waals surface area contributed by atoms with Crippen molar-refractivity contribution in [3.05, 3.63) is 65.0 Å². The zero-order valence-electron chi connectivity index (χ0n) is 11.4. The first-order valence-corrected chi connectivity index (χ1v) is 6.51. The van der Waals surface area contributed by atoms with Gasteiger partial charge in [-0.25, -0.2) is 0 Å². The van der Waals surface area contributed by atoms with Crippen LogP contribution >= 0.6 is 0 Å². The Morgan fingerprint density at radius 3 is 2.53 bits per heavy atom. The van der Waals surface area contributed by atoms with E-state index in [-0.39, 0.29) is 0 Å². The molecule has 0 spiro atoms. The Balaban J connectivity index is 1.87. The fraction of sp³-hybridized carbons (Fsp3) is 0.312. The molecular weight excluding hydrogens is 236 g/mol. The van der Waals surface area contributed by atoms with E-state index < -0.39 is 6.10 Å². The van der Waals surface area contributed by atoms with Gasteiger partial charge in [-0.05, 0) is 48.2 Å². The summed E-state index contributed by atoms with van der Waals surface area (Å²) in [5, 5.41) is 13.4. The van der Waals surface area contributed by atoms with E-state index in [0.29, 0.717) is 6.54 Å². The van der Waals surface area contributed by atoms with Crippen molar-refractivity contribution in [2.45, 2.75) is 26.5 Å². The number of benzene rings is 1. The molecule has 1 heterocycles. The van der Waals surface area contributed by atoms with Crippen molar-refractivity contribution in [1.29, 1.82) is 0 Å². The highest BCUT2D eigenvalue weighted by Gasteiger charge is 2.07. The molecule has 0 fully saturated rings. The van der Waals surface area contributed by atoms with Crippen LogP contribution < -0.4 is 5.32 Å². The fourth-order valence-corrected chi connectivity index (χ4v) is 1.94. The maximum atomic E-state index is 10.1. The summed E-state index contributed by atoms with van der Waals surface area (Å²) in [6.45, 7) is 5.43. The van der Waals surface area contributed by atoms with Crippen molar-refractivity contribution in [2.24, 2.45) is 0 Å². The standard InChI is InChI=1S/C16H20N2O/c1-12-3-4-15(9-13(12)2)16(19)11-18-10-14-5-7-17-8-6-14/h3-9,16,18-19H,10-11H2,1-2H3. The number of hydrogen-bond acceptors (Lipinski definition) is 3. The predicted octanol–water partition coefficient (Wildman–Crippen LogP) is 2.52. The highest BCUT2D eigenvalue weighted by atomic mass is 16.3. The van der Waals surface area contributed by atoms with Crippen LogP contribution in [-0.4, -0.2) is 16.6 Å². The second-order valence-corrected chi connectivity index (χ2v) is 4.85. The Kier molecular flexibility index (Phi) is 4.66. The molecule has 0 aliphatic heterocycles. The van der Waals surface area contributed by atoms with Crippen molar-refractivity contribution >= 4 is 0 Å². The van der Waals surface area contributed by atoms with Gasteiger partial charge in [0, 0.05) is 25.5 Å². The zero-order chi connectivity index (χ0) is 13.7. The third-order valence-corrected chi connectivity index (χ3v) is 3.33. The Morgan fingerprint density at radius 2 is 1.84 bits per heavy atom. The average Bonchev–Trinajstić information content (AvgIpc) is 2.43. The summed E-state index contributed by atoms with van der Waals surface area (Å²) in [5.74, 6) is 0. The molecule has 0 radical (unpaired) electrons. The molecule has 1 atom stereocenters. The lowest BCUT2D eigenvalue weighted by Crippen LogP contribution is -2.21. The summed E-state index contributed by atoms with van der Waals surface area (Å²) in [6.07, 6.45) is 3.08. The highest BCUT2D eigenvalue weighted by molar-refractivity contribution is 5.31. The summed E-state index contributed by atoms with van der Waals surface area (Å²) >= 11 is 0. The summed E-state index contributed by atoms with van der Waals surface area (Å²) in [4.78, 5) is 3.98. The zero-order valence-corrected chi connectivity index (χ0v) is 11.4. The molecule has 0 saturated heterocycles. The van der Waals surface area contributed by atoms with Crippen LogP contribution in [-0.2, 0) is 6.54 Å². The van der Waals surface area contributed by atoms with E-state index in [9.17, 15) is 5.11 Å². The van der Waals surface area contributed by atoms with Gasteiger partial charge < -0.3 is 10.4 Å². The average molecular weight is 256 g/mol. The SMILES string of the molecule is Cc1ccc(C(O)CNCc2ccncc2)cc1C. The molecule has 2 rings (SSSR count). The minimum atomic E-state index is -0.471. The third-order valence-electron chi connectivity index (χ3n) is 3.33. The Hall–Kier alpha value is -1.71. The van der Waals surface area contributed by atoms with Gasteiger partial charge in [0.2, 0.25) is 0 Å². The molecule has 1 aromatic heterocycles. The largest absolute Gasteiger partial charge is 0.387 e. The maximum Gasteiger partial charge on any atom is 0.0914 e. The van der Waals surface area contributed by atoms with Crippen LogP contribution in [0.4, 0.5) is 0 Å². The maximum absolute atomic E-state index is 10.1. The Morgan fingerprint density at radius 1 is 1.11 bits per heavy atom. The lowest BCUT2D eigenvalue weighted by Gasteiger charge is -2.13. The summed E-state index contributed by atoms with van der Waals surface area (Å²) in [5.41, 5.74) is 4.60. The van der Waals surface area contributed by atoms with Crippen molar-refractivity contribution in [1.82, 2.24) is 10.3 Å². The van der Waals surface area contributed by atoms with Gasteiger partial charge in [0.15, 0.2) is 0 Å². The Bertz CT molecular complexity index is 526. The third kappa shape index (κ3) is 3.88. The van der Waals surface area contributed by atoms with Gasteiger partial charge in [-0.2, -0.15) is 0 Å². The number of aromatic nitrogens is 1. The lowest BCUT2D eigenvalue weighted by molar-refractivity contribution is 0.174. The van der Waals surface area contributed by atoms with Gasteiger partial charge >= 0.3 is 0 Å². The van der Waals surface area contributed by atoms with Gasteiger partial charge in [-0.15, -0.1) is 0 Å². The molecule has 0 saturated carbocycles. The molecule has 0 aliphatic carbocycles. The van der Waals surface area contributed by atoms with Crippen LogP contribution in [0.15, 0.2) is 42.7 Å². The lowest BCUT2D eigenvalue weighted by atomic mass is 10.0. The predicted molar refractivity (Wildman–Crippen MR) is 76.8 cm³/mol. The first kappa shape index (κ1) is 13.7. The molecule has 100 valence electrons. The molecule has 0 aliphatic rings. The molecule has 0 amide bonds. The molecule has 1 unspecified atom stereocenters. The van der Waals surface area contributed by atoms with E-state index in [0.717, 1.165) is 12.1 Å². The molecule has 1 aromatic carbocycles.